The van der Waals surface area contributed by atoms with E-state index in [9.17, 15) is 8.78 Å². The van der Waals surface area contributed by atoms with Crippen LogP contribution in [0, 0.1) is 17.2 Å². The van der Waals surface area contributed by atoms with Crippen LogP contribution in [-0.2, 0) is 0 Å². The van der Waals surface area contributed by atoms with E-state index in [2.05, 4.69) is 0 Å². The third-order valence-electron chi connectivity index (χ3n) is 2.13. The molecule has 1 atom stereocenters. The van der Waals surface area contributed by atoms with Gasteiger partial charge in [-0.05, 0) is 17.9 Å². The summed E-state index contributed by atoms with van der Waals surface area (Å²) in [4.78, 5) is 0. The molecule has 68 valence electrons. The molecule has 0 amide bonds. The molecular formula is C8H11F2NS. The molecule has 0 radical (unpaired) electrons. The van der Waals surface area contributed by atoms with E-state index >= 15 is 0 Å². The normalized spacial score (nSPS) is 28.9. The summed E-state index contributed by atoms with van der Waals surface area (Å²) in [6, 6.07) is 1.83. The van der Waals surface area contributed by atoms with Gasteiger partial charge in [0.2, 0.25) is 0 Å². The molecule has 0 N–H and O–H groups in total. The van der Waals surface area contributed by atoms with Gasteiger partial charge in [0.1, 0.15) is 0 Å². The molecule has 1 aliphatic rings. The molecule has 0 saturated carbocycles. The molecule has 1 nitrogen and oxygen atoms in total. The average molecular weight is 191 g/mol. The molecule has 1 unspecified atom stereocenters. The van der Waals surface area contributed by atoms with Gasteiger partial charge >= 0.3 is 0 Å². The van der Waals surface area contributed by atoms with Crippen LogP contribution in [0.4, 0.5) is 8.78 Å². The Morgan fingerprint density at radius 3 is 2.92 bits per heavy atom. The lowest BCUT2D eigenvalue weighted by atomic mass is 9.94. The Bertz CT molecular complexity index is 188. The third-order valence-corrected chi connectivity index (χ3v) is 3.14. The van der Waals surface area contributed by atoms with Gasteiger partial charge in [-0.15, -0.1) is 0 Å². The van der Waals surface area contributed by atoms with E-state index in [1.807, 2.05) is 6.07 Å². The van der Waals surface area contributed by atoms with Crippen molar-refractivity contribution < 1.29 is 8.78 Å². The second-order valence-electron chi connectivity index (χ2n) is 2.97. The average Bonchev–Trinajstić information content (AvgIpc) is 2.15. The van der Waals surface area contributed by atoms with Crippen molar-refractivity contribution in [2.75, 3.05) is 11.5 Å². The Hall–Kier alpha value is -0.300. The Kier molecular flexibility index (Phi) is 3.33. The zero-order valence-corrected chi connectivity index (χ0v) is 7.54. The maximum Gasteiger partial charge on any atom is 0.252 e. The molecule has 0 spiro atoms. The quantitative estimate of drug-likeness (QED) is 0.636. The third kappa shape index (κ3) is 2.34. The highest BCUT2D eigenvalue weighted by Gasteiger charge is 2.39. The number of alkyl halides is 2. The van der Waals surface area contributed by atoms with Crippen molar-refractivity contribution >= 4 is 11.8 Å². The van der Waals surface area contributed by atoms with E-state index in [1.54, 1.807) is 11.8 Å². The summed E-state index contributed by atoms with van der Waals surface area (Å²) >= 11 is 1.56. The maximum atomic E-state index is 13.2. The zero-order valence-electron chi connectivity index (χ0n) is 6.72. The molecule has 1 rings (SSSR count). The maximum absolute atomic E-state index is 13.2. The first kappa shape index (κ1) is 9.79. The second-order valence-corrected chi connectivity index (χ2v) is 4.20. The number of halogens is 2. The molecule has 0 aromatic carbocycles. The van der Waals surface area contributed by atoms with Crippen LogP contribution in [-0.4, -0.2) is 17.4 Å². The molecular weight excluding hydrogens is 180 g/mol. The highest BCUT2D eigenvalue weighted by Crippen LogP contribution is 2.37. The molecule has 4 heteroatoms. The molecule has 1 heterocycles. The highest BCUT2D eigenvalue weighted by molar-refractivity contribution is 7.99. The minimum Gasteiger partial charge on any atom is -0.207 e. The van der Waals surface area contributed by atoms with Crippen LogP contribution in [0.3, 0.4) is 0 Å². The minimum absolute atomic E-state index is 0.00639. The van der Waals surface area contributed by atoms with E-state index < -0.39 is 11.8 Å². The molecule has 0 aromatic heterocycles. The van der Waals surface area contributed by atoms with Crippen molar-refractivity contribution in [3.63, 3.8) is 0 Å². The van der Waals surface area contributed by atoms with Crippen molar-refractivity contribution in [1.29, 1.82) is 5.26 Å². The summed E-state index contributed by atoms with van der Waals surface area (Å²) in [6.45, 7) is 0. The Balaban J connectivity index is 2.60. The molecule has 1 aliphatic heterocycles. The van der Waals surface area contributed by atoms with E-state index in [4.69, 9.17) is 5.26 Å². The predicted octanol–water partition coefficient (Wildman–Crippen LogP) is 2.68. The molecule has 12 heavy (non-hydrogen) atoms. The van der Waals surface area contributed by atoms with Crippen molar-refractivity contribution in [1.82, 2.24) is 0 Å². The van der Waals surface area contributed by atoms with Crippen LogP contribution in [0.25, 0.3) is 0 Å². The second kappa shape index (κ2) is 4.08. The van der Waals surface area contributed by atoms with Crippen LogP contribution < -0.4 is 0 Å². The van der Waals surface area contributed by atoms with Crippen LogP contribution in [0.15, 0.2) is 0 Å². The lowest BCUT2D eigenvalue weighted by molar-refractivity contribution is -0.0579. The summed E-state index contributed by atoms with van der Waals surface area (Å²) in [7, 11) is 0. The number of hydrogen-bond acceptors (Lipinski definition) is 2. The minimum atomic E-state index is -2.61. The highest BCUT2D eigenvalue weighted by atomic mass is 32.2. The van der Waals surface area contributed by atoms with Crippen LogP contribution in [0.1, 0.15) is 19.3 Å². The van der Waals surface area contributed by atoms with Gasteiger partial charge in [-0.25, -0.2) is 8.78 Å². The number of hydrogen-bond donors (Lipinski definition) is 0. The SMILES string of the molecule is N#CCC1CCSCCC1(F)F. The van der Waals surface area contributed by atoms with Gasteiger partial charge in [-0.1, -0.05) is 0 Å². The molecule has 1 saturated heterocycles. The smallest absolute Gasteiger partial charge is 0.207 e. The number of nitrogens with zero attached hydrogens (tertiary/aromatic N) is 1. The summed E-state index contributed by atoms with van der Waals surface area (Å²) in [5.74, 6) is -2.03. The van der Waals surface area contributed by atoms with Crippen molar-refractivity contribution in [3.8, 4) is 6.07 Å². The van der Waals surface area contributed by atoms with E-state index in [-0.39, 0.29) is 12.8 Å². The Morgan fingerprint density at radius 2 is 2.25 bits per heavy atom. The largest absolute Gasteiger partial charge is 0.252 e. The fraction of sp³-hybridized carbons (Fsp3) is 0.875. The number of rotatable bonds is 1. The van der Waals surface area contributed by atoms with Crippen molar-refractivity contribution in [3.05, 3.63) is 0 Å². The fourth-order valence-corrected chi connectivity index (χ4v) is 2.38. The number of thioether (sulfide) groups is 1. The molecule has 0 bridgehead atoms. The topological polar surface area (TPSA) is 23.8 Å². The lowest BCUT2D eigenvalue weighted by Crippen LogP contribution is -2.27. The van der Waals surface area contributed by atoms with Crippen molar-refractivity contribution in [2.45, 2.75) is 25.2 Å². The van der Waals surface area contributed by atoms with E-state index in [1.165, 1.54) is 0 Å². The molecule has 0 aromatic rings. The van der Waals surface area contributed by atoms with Gasteiger partial charge in [-0.2, -0.15) is 17.0 Å². The lowest BCUT2D eigenvalue weighted by Gasteiger charge is -2.21. The van der Waals surface area contributed by atoms with Crippen LogP contribution >= 0.6 is 11.8 Å². The molecule has 1 fully saturated rings. The van der Waals surface area contributed by atoms with Gasteiger partial charge in [-0.3, -0.25) is 0 Å². The van der Waals surface area contributed by atoms with Gasteiger partial charge in [0, 0.05) is 18.8 Å². The van der Waals surface area contributed by atoms with Gasteiger partial charge in [0.15, 0.2) is 0 Å². The number of nitriles is 1. The monoisotopic (exact) mass is 191 g/mol. The fourth-order valence-electron chi connectivity index (χ4n) is 1.31. The van der Waals surface area contributed by atoms with Crippen molar-refractivity contribution in [2.24, 2.45) is 5.92 Å². The standard InChI is InChI=1S/C8H11F2NS/c9-8(10)3-6-12-5-2-7(8)1-4-11/h7H,1-3,5-6H2. The Labute approximate surface area is 75.1 Å². The first-order valence-electron chi connectivity index (χ1n) is 3.99. The summed E-state index contributed by atoms with van der Waals surface area (Å²) < 4.78 is 26.3. The zero-order chi connectivity index (χ0) is 9.03. The van der Waals surface area contributed by atoms with Crippen LogP contribution in [0.5, 0.6) is 0 Å². The summed E-state index contributed by atoms with van der Waals surface area (Å²) in [6.07, 6.45) is 0.406. The first-order chi connectivity index (χ1) is 5.67. The van der Waals surface area contributed by atoms with E-state index in [0.29, 0.717) is 12.2 Å². The van der Waals surface area contributed by atoms with Crippen LogP contribution in [0.2, 0.25) is 0 Å². The molecule has 0 aliphatic carbocycles. The first-order valence-corrected chi connectivity index (χ1v) is 5.15. The summed E-state index contributed by atoms with van der Waals surface area (Å²) in [5.41, 5.74) is 0. The van der Waals surface area contributed by atoms with E-state index in [0.717, 1.165) is 5.75 Å². The van der Waals surface area contributed by atoms with Gasteiger partial charge in [0.05, 0.1) is 6.07 Å². The van der Waals surface area contributed by atoms with Gasteiger partial charge < -0.3 is 0 Å². The Morgan fingerprint density at radius 1 is 1.50 bits per heavy atom. The van der Waals surface area contributed by atoms with Gasteiger partial charge in [0.25, 0.3) is 5.92 Å². The summed E-state index contributed by atoms with van der Waals surface area (Å²) in [5, 5.41) is 8.35. The predicted molar refractivity (Wildman–Crippen MR) is 45.2 cm³/mol.